The highest BCUT2D eigenvalue weighted by molar-refractivity contribution is 7.12. The maximum Gasteiger partial charge on any atom is 0.416 e. The molecule has 9 heteroatoms. The number of nitrogens with zero attached hydrogens (tertiary/aromatic N) is 3. The Morgan fingerprint density at radius 1 is 1.10 bits per heavy atom. The molecule has 0 bridgehead atoms. The molecule has 30 heavy (non-hydrogen) atoms. The van der Waals surface area contributed by atoms with E-state index in [4.69, 9.17) is 4.74 Å². The molecular weight excluding hydrogens is 415 g/mol. The first kappa shape index (κ1) is 21.1. The SMILES string of the molecule is O=C(c1cccs1)N1CCO[C@@H](CN2CCN(c3cccc(C(F)(F)F)c3)CC2)C1. The first-order chi connectivity index (χ1) is 14.4. The molecule has 5 nitrogen and oxygen atoms in total. The zero-order chi connectivity index (χ0) is 21.1. The third kappa shape index (κ3) is 4.96. The molecule has 2 fully saturated rings. The van der Waals surface area contributed by atoms with Crippen molar-refractivity contribution in [3.05, 3.63) is 52.2 Å². The number of morpholine rings is 1. The number of halogens is 3. The smallest absolute Gasteiger partial charge is 0.373 e. The Morgan fingerprint density at radius 3 is 2.60 bits per heavy atom. The molecular formula is C21H24F3N3O2S. The number of hydrogen-bond donors (Lipinski definition) is 0. The summed E-state index contributed by atoms with van der Waals surface area (Å²) in [6.07, 6.45) is -4.38. The Labute approximate surface area is 177 Å². The van der Waals surface area contributed by atoms with E-state index in [0.717, 1.165) is 24.0 Å². The summed E-state index contributed by atoms with van der Waals surface area (Å²) in [5.41, 5.74) is -0.0142. The van der Waals surface area contributed by atoms with Crippen LogP contribution in [0.25, 0.3) is 0 Å². The number of benzene rings is 1. The molecule has 1 amide bonds. The lowest BCUT2D eigenvalue weighted by Gasteiger charge is -2.40. The van der Waals surface area contributed by atoms with Crippen molar-refractivity contribution in [2.24, 2.45) is 0 Å². The van der Waals surface area contributed by atoms with Crippen LogP contribution in [0.5, 0.6) is 0 Å². The van der Waals surface area contributed by atoms with Crippen molar-refractivity contribution in [2.75, 3.05) is 57.3 Å². The van der Waals surface area contributed by atoms with Crippen LogP contribution < -0.4 is 4.90 Å². The number of ether oxygens (including phenoxy) is 1. The summed E-state index contributed by atoms with van der Waals surface area (Å²) in [5.74, 6) is 0.0488. The number of carbonyl (C=O) groups excluding carboxylic acids is 1. The summed E-state index contributed by atoms with van der Waals surface area (Å²) in [6.45, 7) is 5.19. The van der Waals surface area contributed by atoms with Crippen LogP contribution in [0, 0.1) is 0 Å². The van der Waals surface area contributed by atoms with E-state index in [-0.39, 0.29) is 12.0 Å². The molecule has 0 unspecified atom stereocenters. The zero-order valence-corrected chi connectivity index (χ0v) is 17.3. The Kier molecular flexibility index (Phi) is 6.31. The summed E-state index contributed by atoms with van der Waals surface area (Å²) in [6, 6.07) is 9.21. The predicted molar refractivity (Wildman–Crippen MR) is 110 cm³/mol. The molecule has 0 aliphatic carbocycles. The number of rotatable bonds is 4. The van der Waals surface area contributed by atoms with Gasteiger partial charge in [0.05, 0.1) is 23.2 Å². The second-order valence-electron chi connectivity index (χ2n) is 7.56. The summed E-state index contributed by atoms with van der Waals surface area (Å²) in [5, 5.41) is 1.90. The number of carbonyl (C=O) groups is 1. The lowest BCUT2D eigenvalue weighted by molar-refractivity contribution is -0.137. The van der Waals surface area contributed by atoms with Gasteiger partial charge in [-0.1, -0.05) is 12.1 Å². The number of anilines is 1. The van der Waals surface area contributed by atoms with Crippen LogP contribution in [0.4, 0.5) is 18.9 Å². The number of thiophene rings is 1. The van der Waals surface area contributed by atoms with E-state index in [9.17, 15) is 18.0 Å². The van der Waals surface area contributed by atoms with Crippen LogP contribution in [0.3, 0.4) is 0 Å². The van der Waals surface area contributed by atoms with Gasteiger partial charge in [0, 0.05) is 51.5 Å². The maximum atomic E-state index is 13.0. The normalized spacial score (nSPS) is 21.1. The van der Waals surface area contributed by atoms with Crippen molar-refractivity contribution in [3.8, 4) is 0 Å². The van der Waals surface area contributed by atoms with Crippen LogP contribution in [0.2, 0.25) is 0 Å². The van der Waals surface area contributed by atoms with Gasteiger partial charge in [-0.3, -0.25) is 9.69 Å². The molecule has 3 heterocycles. The lowest BCUT2D eigenvalue weighted by atomic mass is 10.1. The molecule has 1 aromatic heterocycles. The zero-order valence-electron chi connectivity index (χ0n) is 16.5. The summed E-state index contributed by atoms with van der Waals surface area (Å²) < 4.78 is 44.8. The predicted octanol–water partition coefficient (Wildman–Crippen LogP) is 3.43. The fourth-order valence-electron chi connectivity index (χ4n) is 3.93. The van der Waals surface area contributed by atoms with E-state index in [1.54, 1.807) is 6.07 Å². The largest absolute Gasteiger partial charge is 0.416 e. The van der Waals surface area contributed by atoms with Gasteiger partial charge in [-0.05, 0) is 29.6 Å². The molecule has 162 valence electrons. The van der Waals surface area contributed by atoms with Crippen LogP contribution in [0.15, 0.2) is 41.8 Å². The van der Waals surface area contributed by atoms with Gasteiger partial charge in [0.2, 0.25) is 0 Å². The van der Waals surface area contributed by atoms with Gasteiger partial charge < -0.3 is 14.5 Å². The van der Waals surface area contributed by atoms with Crippen LogP contribution in [-0.2, 0) is 10.9 Å². The number of piperazine rings is 1. The van der Waals surface area contributed by atoms with E-state index >= 15 is 0 Å². The van der Waals surface area contributed by atoms with Crippen molar-refractivity contribution >= 4 is 22.9 Å². The molecule has 0 saturated carbocycles. The Balaban J connectivity index is 1.29. The highest BCUT2D eigenvalue weighted by Crippen LogP contribution is 2.32. The minimum absolute atomic E-state index is 0.0488. The van der Waals surface area contributed by atoms with Gasteiger partial charge in [0.15, 0.2) is 0 Å². The molecule has 4 rings (SSSR count). The first-order valence-corrected chi connectivity index (χ1v) is 10.9. The lowest BCUT2D eigenvalue weighted by Crippen LogP contribution is -2.53. The standard InChI is InChI=1S/C21H24F3N3O2S/c22-21(23,24)16-3-1-4-17(13-16)26-8-6-25(7-9-26)14-18-15-27(10-11-29-18)20(28)19-5-2-12-30-19/h1-5,12-13,18H,6-11,14-15H2/t18-/m0/s1. The van der Waals surface area contributed by atoms with Crippen molar-refractivity contribution in [3.63, 3.8) is 0 Å². The Hall–Kier alpha value is -2.10. The molecule has 2 aromatic rings. The Bertz CT molecular complexity index is 851. The minimum atomic E-state index is -4.33. The van der Waals surface area contributed by atoms with Gasteiger partial charge in [-0.15, -0.1) is 11.3 Å². The fraction of sp³-hybridized carbons (Fsp3) is 0.476. The van der Waals surface area contributed by atoms with Gasteiger partial charge in [-0.2, -0.15) is 13.2 Å². The topological polar surface area (TPSA) is 36.0 Å². The number of amides is 1. The molecule has 0 N–H and O–H groups in total. The molecule has 0 spiro atoms. The van der Waals surface area contributed by atoms with Gasteiger partial charge in [0.25, 0.3) is 5.91 Å². The fourth-order valence-corrected chi connectivity index (χ4v) is 4.62. The summed E-state index contributed by atoms with van der Waals surface area (Å²) in [7, 11) is 0. The average Bonchev–Trinajstić information content (AvgIpc) is 3.28. The van der Waals surface area contributed by atoms with E-state index in [0.29, 0.717) is 45.0 Å². The molecule has 1 aromatic carbocycles. The van der Waals surface area contributed by atoms with Gasteiger partial charge in [0.1, 0.15) is 0 Å². The quantitative estimate of drug-likeness (QED) is 0.732. The molecule has 2 aliphatic heterocycles. The third-order valence-corrected chi connectivity index (χ3v) is 6.39. The molecule has 0 radical (unpaired) electrons. The van der Waals surface area contributed by atoms with E-state index in [1.807, 2.05) is 27.3 Å². The second-order valence-corrected chi connectivity index (χ2v) is 8.50. The summed E-state index contributed by atoms with van der Waals surface area (Å²) >= 11 is 1.44. The van der Waals surface area contributed by atoms with E-state index in [1.165, 1.54) is 23.5 Å². The van der Waals surface area contributed by atoms with E-state index in [2.05, 4.69) is 4.90 Å². The second kappa shape index (κ2) is 8.95. The summed E-state index contributed by atoms with van der Waals surface area (Å²) in [4.78, 5) is 19.4. The average molecular weight is 440 g/mol. The van der Waals surface area contributed by atoms with E-state index < -0.39 is 11.7 Å². The molecule has 2 aliphatic rings. The van der Waals surface area contributed by atoms with Crippen molar-refractivity contribution in [2.45, 2.75) is 12.3 Å². The maximum absolute atomic E-state index is 13.0. The highest BCUT2D eigenvalue weighted by Gasteiger charge is 2.32. The highest BCUT2D eigenvalue weighted by atomic mass is 32.1. The molecule has 2 saturated heterocycles. The number of hydrogen-bond acceptors (Lipinski definition) is 5. The van der Waals surface area contributed by atoms with Crippen LogP contribution in [0.1, 0.15) is 15.2 Å². The van der Waals surface area contributed by atoms with Gasteiger partial charge in [-0.25, -0.2) is 0 Å². The number of alkyl halides is 3. The van der Waals surface area contributed by atoms with Gasteiger partial charge >= 0.3 is 6.18 Å². The van der Waals surface area contributed by atoms with Crippen molar-refractivity contribution < 1.29 is 22.7 Å². The Morgan fingerprint density at radius 2 is 1.90 bits per heavy atom. The first-order valence-electron chi connectivity index (χ1n) is 9.99. The van der Waals surface area contributed by atoms with Crippen molar-refractivity contribution in [1.82, 2.24) is 9.80 Å². The van der Waals surface area contributed by atoms with Crippen LogP contribution in [-0.4, -0.2) is 74.2 Å². The van der Waals surface area contributed by atoms with Crippen molar-refractivity contribution in [1.29, 1.82) is 0 Å². The molecule has 1 atom stereocenters. The van der Waals surface area contributed by atoms with Crippen LogP contribution >= 0.6 is 11.3 Å². The monoisotopic (exact) mass is 439 g/mol. The minimum Gasteiger partial charge on any atom is -0.373 e. The third-order valence-electron chi connectivity index (χ3n) is 5.53.